The number of aromatic nitrogens is 4. The average Bonchev–Trinajstić information content (AvgIpc) is 3.57. The maximum Gasteiger partial charge on any atom is 0.251 e. The number of pyridine rings is 1. The molecule has 2 N–H and O–H groups in total. The van der Waals surface area contributed by atoms with E-state index < -0.39 is 0 Å². The number of imidazole rings is 1. The first kappa shape index (κ1) is 19.7. The molecule has 2 aliphatic rings. The van der Waals surface area contributed by atoms with Crippen LogP contribution in [0, 0.1) is 0 Å². The van der Waals surface area contributed by atoms with Gasteiger partial charge in [-0.3, -0.25) is 9.69 Å². The van der Waals surface area contributed by atoms with Crippen LogP contribution in [0.15, 0.2) is 72.9 Å². The summed E-state index contributed by atoms with van der Waals surface area (Å²) in [5, 5.41) is 9.14. The lowest BCUT2D eigenvalue weighted by atomic mass is 10.0. The molecule has 9 heteroatoms. The van der Waals surface area contributed by atoms with Crippen LogP contribution >= 0.6 is 11.3 Å². The van der Waals surface area contributed by atoms with Crippen molar-refractivity contribution in [1.29, 1.82) is 0 Å². The number of rotatable bonds is 4. The second kappa shape index (κ2) is 7.86. The van der Waals surface area contributed by atoms with Crippen LogP contribution in [0.3, 0.4) is 0 Å². The second-order valence-corrected chi connectivity index (χ2v) is 8.97. The molecule has 0 radical (unpaired) electrons. The first-order chi connectivity index (χ1) is 16.2. The van der Waals surface area contributed by atoms with Gasteiger partial charge >= 0.3 is 0 Å². The van der Waals surface area contributed by atoms with Gasteiger partial charge in [0.25, 0.3) is 5.91 Å². The minimum absolute atomic E-state index is 0.0737. The number of amides is 1. The molecule has 0 saturated carbocycles. The topological polar surface area (TPSA) is 88.0 Å². The van der Waals surface area contributed by atoms with Crippen LogP contribution in [0.1, 0.15) is 22.6 Å². The summed E-state index contributed by atoms with van der Waals surface area (Å²) in [5.74, 6) is 2.40. The normalized spacial score (nSPS) is 16.8. The molecule has 2 aliphatic heterocycles. The molecule has 1 unspecified atom stereocenters. The van der Waals surface area contributed by atoms with E-state index in [1.165, 1.54) is 11.3 Å². The van der Waals surface area contributed by atoms with Crippen LogP contribution in [-0.2, 0) is 13.0 Å². The van der Waals surface area contributed by atoms with Gasteiger partial charge in [-0.2, -0.15) is 0 Å². The first-order valence-corrected chi connectivity index (χ1v) is 11.6. The van der Waals surface area contributed by atoms with Crippen LogP contribution in [0.5, 0.6) is 0 Å². The number of carbonyl (C=O) groups excluding carboxylic acids is 1. The predicted octanol–water partition coefficient (Wildman–Crippen LogP) is 4.18. The maximum atomic E-state index is 13.0. The smallest absolute Gasteiger partial charge is 0.251 e. The number of hydrogen-bond acceptors (Lipinski definition) is 7. The molecule has 0 spiro atoms. The Morgan fingerprint density at radius 3 is 3.00 bits per heavy atom. The maximum absolute atomic E-state index is 13.0. The zero-order valence-electron chi connectivity index (χ0n) is 17.7. The van der Waals surface area contributed by atoms with Crippen molar-refractivity contribution in [2.45, 2.75) is 25.4 Å². The minimum Gasteiger partial charge on any atom is -0.349 e. The summed E-state index contributed by atoms with van der Waals surface area (Å²) >= 11 is 1.54. The Balaban J connectivity index is 1.25. The summed E-state index contributed by atoms with van der Waals surface area (Å²) in [7, 11) is 0. The zero-order chi connectivity index (χ0) is 22.4. The van der Waals surface area contributed by atoms with Gasteiger partial charge in [-0.25, -0.2) is 15.0 Å². The number of fused-ring (bicyclic) bond motifs is 2. The third-order valence-electron chi connectivity index (χ3n) is 5.99. The lowest BCUT2D eigenvalue weighted by Crippen LogP contribution is -2.40. The van der Waals surface area contributed by atoms with Crippen molar-refractivity contribution in [2.75, 3.05) is 10.2 Å². The fraction of sp³-hybridized carbons (Fsp3) is 0.167. The van der Waals surface area contributed by atoms with Crippen molar-refractivity contribution in [1.82, 2.24) is 24.8 Å². The summed E-state index contributed by atoms with van der Waals surface area (Å²) in [4.78, 5) is 28.3. The Kier molecular flexibility index (Phi) is 4.69. The minimum atomic E-state index is -0.0737. The predicted molar refractivity (Wildman–Crippen MR) is 128 cm³/mol. The Morgan fingerprint density at radius 1 is 1.18 bits per heavy atom. The van der Waals surface area contributed by atoms with Crippen LogP contribution in [0.4, 0.5) is 16.6 Å². The van der Waals surface area contributed by atoms with Crippen molar-refractivity contribution in [2.24, 2.45) is 0 Å². The molecule has 33 heavy (non-hydrogen) atoms. The van der Waals surface area contributed by atoms with Gasteiger partial charge < -0.3 is 15.2 Å². The van der Waals surface area contributed by atoms with Crippen molar-refractivity contribution in [3.63, 3.8) is 0 Å². The number of benzene rings is 1. The largest absolute Gasteiger partial charge is 0.349 e. The van der Waals surface area contributed by atoms with Crippen molar-refractivity contribution >= 4 is 33.9 Å². The molecule has 0 saturated heterocycles. The van der Waals surface area contributed by atoms with Gasteiger partial charge in [0.1, 0.15) is 11.6 Å². The number of anilines is 3. The van der Waals surface area contributed by atoms with E-state index in [0.717, 1.165) is 53.0 Å². The Bertz CT molecular complexity index is 1360. The highest BCUT2D eigenvalue weighted by Gasteiger charge is 2.27. The number of nitrogens with one attached hydrogen (secondary N) is 2. The van der Waals surface area contributed by atoms with Gasteiger partial charge in [0.2, 0.25) is 0 Å². The number of thiazole rings is 1. The van der Waals surface area contributed by atoms with Gasteiger partial charge in [-0.1, -0.05) is 18.7 Å². The molecule has 1 amide bonds. The summed E-state index contributed by atoms with van der Waals surface area (Å²) < 4.78 is 2.14. The number of aryl methyl sites for hydroxylation is 1. The summed E-state index contributed by atoms with van der Waals surface area (Å²) in [5.41, 5.74) is 3.36. The summed E-state index contributed by atoms with van der Waals surface area (Å²) in [6, 6.07) is 9.78. The molecule has 0 aliphatic carbocycles. The van der Waals surface area contributed by atoms with Crippen molar-refractivity contribution in [3.8, 4) is 11.1 Å². The highest BCUT2D eigenvalue weighted by molar-refractivity contribution is 7.13. The van der Waals surface area contributed by atoms with Crippen LogP contribution < -0.4 is 15.5 Å². The average molecular weight is 456 g/mol. The molecule has 1 atom stereocenters. The molecule has 4 aromatic rings. The highest BCUT2D eigenvalue weighted by atomic mass is 32.1. The molecule has 1 aromatic carbocycles. The molecule has 6 rings (SSSR count). The third-order valence-corrected chi connectivity index (χ3v) is 6.75. The van der Waals surface area contributed by atoms with E-state index in [1.54, 1.807) is 6.20 Å². The Hall–Kier alpha value is -3.98. The zero-order valence-corrected chi connectivity index (χ0v) is 18.5. The fourth-order valence-electron chi connectivity index (χ4n) is 4.34. The van der Waals surface area contributed by atoms with E-state index in [4.69, 9.17) is 0 Å². The summed E-state index contributed by atoms with van der Waals surface area (Å²) in [6.07, 6.45) is 9.02. The number of carbonyl (C=O) groups is 1. The van der Waals surface area contributed by atoms with Crippen molar-refractivity contribution < 1.29 is 4.79 Å². The highest BCUT2D eigenvalue weighted by Crippen LogP contribution is 2.42. The van der Waals surface area contributed by atoms with Gasteiger partial charge in [0.05, 0.1) is 5.69 Å². The monoisotopic (exact) mass is 455 g/mol. The van der Waals surface area contributed by atoms with Crippen LogP contribution in [0.25, 0.3) is 11.1 Å². The first-order valence-electron chi connectivity index (χ1n) is 10.7. The third kappa shape index (κ3) is 3.56. The van der Waals surface area contributed by atoms with Gasteiger partial charge in [-0.15, -0.1) is 11.3 Å². The van der Waals surface area contributed by atoms with E-state index in [0.29, 0.717) is 11.4 Å². The van der Waals surface area contributed by atoms with Gasteiger partial charge in [0, 0.05) is 60.3 Å². The van der Waals surface area contributed by atoms with Crippen LogP contribution in [0.2, 0.25) is 0 Å². The van der Waals surface area contributed by atoms with E-state index in [1.807, 2.05) is 59.2 Å². The molecule has 0 bridgehead atoms. The quantitative estimate of drug-likeness (QED) is 0.480. The molecular weight excluding hydrogens is 434 g/mol. The van der Waals surface area contributed by atoms with E-state index in [2.05, 4.69) is 36.7 Å². The lowest BCUT2D eigenvalue weighted by Gasteiger charge is -2.24. The molecule has 5 heterocycles. The van der Waals surface area contributed by atoms with E-state index in [-0.39, 0.29) is 11.9 Å². The van der Waals surface area contributed by atoms with Crippen LogP contribution in [-0.4, -0.2) is 31.5 Å². The fourth-order valence-corrected chi connectivity index (χ4v) is 5.02. The number of nitrogens with zero attached hydrogens (tertiary/aromatic N) is 5. The van der Waals surface area contributed by atoms with E-state index >= 15 is 0 Å². The lowest BCUT2D eigenvalue weighted by molar-refractivity contribution is 0.0930. The molecule has 0 fully saturated rings. The van der Waals surface area contributed by atoms with Gasteiger partial charge in [0.15, 0.2) is 10.9 Å². The Morgan fingerprint density at radius 2 is 2.12 bits per heavy atom. The number of hydrogen-bond donors (Lipinski definition) is 2. The standard InChI is InChI=1S/C24H21N7OS/c1-15-28-22-20(31(15)24-26-7-10-33-24)12-18(14-27-22)16-3-2-4-17(11-16)23(32)29-19-5-8-30-9-6-25-21(30)13-19/h2-4,6-7,9-12,14,19H,1,5,8,13H2,(H,27,28)(H,29,32). The molecule has 8 nitrogen and oxygen atoms in total. The van der Waals surface area contributed by atoms with Gasteiger partial charge in [-0.05, 0) is 30.2 Å². The molecule has 164 valence electrons. The Labute approximate surface area is 194 Å². The van der Waals surface area contributed by atoms with Crippen molar-refractivity contribution in [3.05, 3.63) is 84.3 Å². The summed E-state index contributed by atoms with van der Waals surface area (Å²) in [6.45, 7) is 4.97. The molecular formula is C24H21N7OS. The van der Waals surface area contributed by atoms with E-state index in [9.17, 15) is 4.79 Å². The second-order valence-electron chi connectivity index (χ2n) is 8.09. The molecule has 3 aromatic heterocycles. The SMILES string of the molecule is C=C1Nc2ncc(-c3cccc(C(=O)NC4CCn5ccnc5C4)c3)cc2N1c1nccs1.